The molecule has 0 spiro atoms. The van der Waals surface area contributed by atoms with Crippen LogP contribution in [0.1, 0.15) is 11.6 Å². The molecule has 108 valence electrons. The first kappa shape index (κ1) is 13.1. The van der Waals surface area contributed by atoms with Crippen molar-refractivity contribution in [1.82, 2.24) is 20.3 Å². The third kappa shape index (κ3) is 1.79. The molecule has 1 unspecified atom stereocenters. The first-order valence-corrected chi connectivity index (χ1v) is 6.12. The lowest BCUT2D eigenvalue weighted by Crippen LogP contribution is -2.35. The lowest BCUT2D eigenvalue weighted by molar-refractivity contribution is 0.0196. The van der Waals surface area contributed by atoms with Crippen molar-refractivity contribution in [1.29, 1.82) is 0 Å². The molecule has 0 aromatic carbocycles. The first-order valence-electron chi connectivity index (χ1n) is 6.12. The molecule has 2 aromatic rings. The number of aliphatic hydroxyl groups excluding tert-OH is 3. The Balaban J connectivity index is 2.09. The van der Waals surface area contributed by atoms with E-state index in [1.54, 1.807) is 0 Å². The molecule has 2 aromatic heterocycles. The van der Waals surface area contributed by atoms with Gasteiger partial charge in [-0.25, -0.2) is 4.98 Å². The van der Waals surface area contributed by atoms with Gasteiger partial charge in [0.15, 0.2) is 0 Å². The molecule has 4 atom stereocenters. The number of aliphatic hydroxyl groups is 3. The van der Waals surface area contributed by atoms with E-state index >= 15 is 0 Å². The molecule has 9 heteroatoms. The quantitative estimate of drug-likeness (QED) is 0.322. The number of anilines is 1. The maximum Gasteiger partial charge on any atom is 0.276 e. The second-order valence-corrected chi connectivity index (χ2v) is 4.83. The second-order valence-electron chi connectivity index (χ2n) is 4.83. The Kier molecular flexibility index (Phi) is 2.98. The molecule has 0 radical (unpaired) electrons. The number of nitrogens with one attached hydrogen (secondary N) is 3. The molecule has 8 N–H and O–H groups in total. The van der Waals surface area contributed by atoms with Crippen molar-refractivity contribution in [2.24, 2.45) is 0 Å². The molecule has 0 bridgehead atoms. The molecule has 3 heterocycles. The van der Waals surface area contributed by atoms with Gasteiger partial charge in [-0.05, 0) is 0 Å². The minimum Gasteiger partial charge on any atom is -0.395 e. The Bertz CT molecular complexity index is 696. The number of nitrogens with two attached hydrogens (primary N) is 1. The fourth-order valence-electron chi connectivity index (χ4n) is 2.59. The van der Waals surface area contributed by atoms with Gasteiger partial charge in [0.2, 0.25) is 5.95 Å². The Morgan fingerprint density at radius 3 is 2.75 bits per heavy atom. The van der Waals surface area contributed by atoms with Gasteiger partial charge in [0.1, 0.15) is 17.1 Å². The normalized spacial score (nSPS) is 30.1. The summed E-state index contributed by atoms with van der Waals surface area (Å²) in [6.07, 6.45) is -0.692. The van der Waals surface area contributed by atoms with Crippen LogP contribution >= 0.6 is 0 Å². The Morgan fingerprint density at radius 2 is 2.10 bits per heavy atom. The van der Waals surface area contributed by atoms with E-state index in [1.165, 1.54) is 6.20 Å². The SMILES string of the molecule is Nc1nc2c(C3N[C@H](CO)[C@H](O)[C@@H]3O)c[nH]c2c(=O)[nH]1. The highest BCUT2D eigenvalue weighted by Gasteiger charge is 2.42. The van der Waals surface area contributed by atoms with Crippen molar-refractivity contribution in [2.45, 2.75) is 24.3 Å². The number of H-pyrrole nitrogens is 2. The van der Waals surface area contributed by atoms with Crippen LogP contribution in [0, 0.1) is 0 Å². The number of aromatic amines is 2. The highest BCUT2D eigenvalue weighted by atomic mass is 16.3. The molecule has 1 aliphatic heterocycles. The fourth-order valence-corrected chi connectivity index (χ4v) is 2.59. The summed E-state index contributed by atoms with van der Waals surface area (Å²) in [6.45, 7) is -0.312. The predicted octanol–water partition coefficient (Wildman–Crippen LogP) is -2.44. The van der Waals surface area contributed by atoms with E-state index in [0.29, 0.717) is 11.1 Å². The average Bonchev–Trinajstić information content (AvgIpc) is 2.93. The van der Waals surface area contributed by atoms with Gasteiger partial charge in [-0.3, -0.25) is 9.78 Å². The maximum atomic E-state index is 11.7. The molecule has 0 saturated carbocycles. The van der Waals surface area contributed by atoms with Gasteiger partial charge in [-0.2, -0.15) is 0 Å². The molecular weight excluding hydrogens is 266 g/mol. The minimum absolute atomic E-state index is 0.0323. The van der Waals surface area contributed by atoms with Gasteiger partial charge in [0.05, 0.1) is 24.8 Å². The summed E-state index contributed by atoms with van der Waals surface area (Å²) < 4.78 is 0. The largest absolute Gasteiger partial charge is 0.395 e. The van der Waals surface area contributed by atoms with Crippen molar-refractivity contribution in [2.75, 3.05) is 12.3 Å². The molecule has 20 heavy (non-hydrogen) atoms. The molecule has 1 aliphatic rings. The Morgan fingerprint density at radius 1 is 1.35 bits per heavy atom. The Labute approximate surface area is 112 Å². The summed E-state index contributed by atoms with van der Waals surface area (Å²) in [5.41, 5.74) is 6.18. The molecular formula is C11H15N5O4. The van der Waals surface area contributed by atoms with Gasteiger partial charge < -0.3 is 31.4 Å². The molecule has 0 amide bonds. The monoisotopic (exact) mass is 281 g/mol. The van der Waals surface area contributed by atoms with Gasteiger partial charge >= 0.3 is 0 Å². The van der Waals surface area contributed by atoms with Crippen molar-refractivity contribution < 1.29 is 15.3 Å². The van der Waals surface area contributed by atoms with Crippen molar-refractivity contribution in [3.05, 3.63) is 22.1 Å². The fraction of sp³-hybridized carbons (Fsp3) is 0.455. The summed E-state index contributed by atoms with van der Waals surface area (Å²) in [5.74, 6) is -0.0323. The lowest BCUT2D eigenvalue weighted by atomic mass is 10.0. The van der Waals surface area contributed by atoms with Crippen LogP contribution in [0.4, 0.5) is 5.95 Å². The zero-order chi connectivity index (χ0) is 14.4. The zero-order valence-electron chi connectivity index (χ0n) is 10.4. The number of hydrogen-bond acceptors (Lipinski definition) is 7. The third-order valence-corrected chi connectivity index (χ3v) is 3.61. The topological polar surface area (TPSA) is 160 Å². The van der Waals surface area contributed by atoms with E-state index in [1.807, 2.05) is 0 Å². The zero-order valence-corrected chi connectivity index (χ0v) is 10.4. The van der Waals surface area contributed by atoms with E-state index in [4.69, 9.17) is 10.8 Å². The summed E-state index contributed by atoms with van der Waals surface area (Å²) in [5, 5.41) is 31.9. The molecule has 0 aliphatic carbocycles. The van der Waals surface area contributed by atoms with Crippen LogP contribution in [-0.2, 0) is 0 Å². The van der Waals surface area contributed by atoms with Gasteiger partial charge in [-0.15, -0.1) is 0 Å². The number of rotatable bonds is 2. The number of fused-ring (bicyclic) bond motifs is 1. The maximum absolute atomic E-state index is 11.7. The van der Waals surface area contributed by atoms with Gasteiger partial charge in [-0.1, -0.05) is 0 Å². The van der Waals surface area contributed by atoms with Crippen LogP contribution in [0.2, 0.25) is 0 Å². The Hall–Kier alpha value is -1.94. The molecule has 9 nitrogen and oxygen atoms in total. The van der Waals surface area contributed by atoms with E-state index in [0.717, 1.165) is 0 Å². The second kappa shape index (κ2) is 4.56. The van der Waals surface area contributed by atoms with Crippen molar-refractivity contribution in [3.63, 3.8) is 0 Å². The van der Waals surface area contributed by atoms with E-state index < -0.39 is 29.9 Å². The van der Waals surface area contributed by atoms with Gasteiger partial charge in [0.25, 0.3) is 5.56 Å². The lowest BCUT2D eigenvalue weighted by Gasteiger charge is -2.14. The van der Waals surface area contributed by atoms with Crippen LogP contribution < -0.4 is 16.6 Å². The van der Waals surface area contributed by atoms with E-state index in [9.17, 15) is 15.0 Å². The molecule has 1 fully saturated rings. The molecule has 3 rings (SSSR count). The highest BCUT2D eigenvalue weighted by molar-refractivity contribution is 5.79. The minimum atomic E-state index is -1.12. The highest BCUT2D eigenvalue weighted by Crippen LogP contribution is 2.30. The number of hydrogen-bond donors (Lipinski definition) is 7. The van der Waals surface area contributed by atoms with Crippen molar-refractivity contribution in [3.8, 4) is 0 Å². The van der Waals surface area contributed by atoms with Crippen LogP contribution in [0.25, 0.3) is 11.0 Å². The van der Waals surface area contributed by atoms with Crippen LogP contribution in [-0.4, -0.2) is 55.1 Å². The number of nitrogens with zero attached hydrogens (tertiary/aromatic N) is 1. The smallest absolute Gasteiger partial charge is 0.276 e. The standard InChI is InChI=1S/C11H15N5O4/c12-11-15-5-3(1-13-7(5)10(20)16-11)6-9(19)8(18)4(2-17)14-6/h1,4,6,8-9,13-14,17-19H,2H2,(H3,12,15,16,20)/t4-,6?,8+,9-/m1/s1. The summed E-state index contributed by atoms with van der Waals surface area (Å²) in [7, 11) is 0. The van der Waals surface area contributed by atoms with Crippen LogP contribution in [0.5, 0.6) is 0 Å². The predicted molar refractivity (Wildman–Crippen MR) is 69.9 cm³/mol. The van der Waals surface area contributed by atoms with E-state index in [-0.39, 0.29) is 18.1 Å². The molecule has 1 saturated heterocycles. The number of nitrogen functional groups attached to an aromatic ring is 1. The average molecular weight is 281 g/mol. The van der Waals surface area contributed by atoms with Crippen molar-refractivity contribution >= 4 is 17.0 Å². The summed E-state index contributed by atoms with van der Waals surface area (Å²) >= 11 is 0. The van der Waals surface area contributed by atoms with Gasteiger partial charge in [0, 0.05) is 11.8 Å². The van der Waals surface area contributed by atoms with Crippen LogP contribution in [0.15, 0.2) is 11.0 Å². The van der Waals surface area contributed by atoms with E-state index in [2.05, 4.69) is 20.3 Å². The summed E-state index contributed by atoms with van der Waals surface area (Å²) in [4.78, 5) is 20.9. The first-order chi connectivity index (χ1) is 9.52. The third-order valence-electron chi connectivity index (χ3n) is 3.61. The van der Waals surface area contributed by atoms with Crippen LogP contribution in [0.3, 0.4) is 0 Å². The number of aromatic nitrogens is 3. The summed E-state index contributed by atoms with van der Waals surface area (Å²) in [6, 6.07) is -1.29.